The second-order valence-electron chi connectivity index (χ2n) is 17.4. The zero-order valence-corrected chi connectivity index (χ0v) is 37.0. The van der Waals surface area contributed by atoms with Gasteiger partial charge >= 0.3 is 5.97 Å². The molecule has 15 heteroatoms. The standard InChI is InChI=1S/C45H72N2O13/c1-26-19-31(13-9-11-17-46)36(50)25-35(49)29(4)40(27(2)21-30-15-16-34(48)37(23-30)56-6)59-44(53)33-14-10-12-18-47(33)43(52)42(51)45(54)28(3)22-38(57-7)41(60-45)39(58-8)24-32(20-26)55-5/h9,11,19,21,28-35,37-41,48-49,54H,10,12-18,20,22-25,46H2,1-8H3/b11-9+,26-19+,27-21+/t28-,29-,30+,31-,32+,33+,34-,35+,37-,38+,39+,40-,41+,45-/m1/s1. The quantitative estimate of drug-likeness (QED) is 0.149. The van der Waals surface area contributed by atoms with Crippen molar-refractivity contribution in [3.8, 4) is 0 Å². The zero-order valence-electron chi connectivity index (χ0n) is 37.0. The Morgan fingerprint density at radius 1 is 0.900 bits per heavy atom. The van der Waals surface area contributed by atoms with E-state index in [0.29, 0.717) is 57.1 Å². The third kappa shape index (κ3) is 12.2. The van der Waals surface area contributed by atoms with Crippen LogP contribution in [0.4, 0.5) is 0 Å². The Balaban J connectivity index is 1.81. The lowest BCUT2D eigenvalue weighted by Gasteiger charge is -2.47. The number of esters is 1. The van der Waals surface area contributed by atoms with Gasteiger partial charge in [0.1, 0.15) is 24.0 Å². The minimum Gasteiger partial charge on any atom is -0.456 e. The maximum atomic E-state index is 14.4. The largest absolute Gasteiger partial charge is 0.456 e. The first kappa shape index (κ1) is 49.8. The van der Waals surface area contributed by atoms with Crippen molar-refractivity contribution >= 4 is 23.4 Å². The molecule has 0 aromatic heterocycles. The summed E-state index contributed by atoms with van der Waals surface area (Å²) >= 11 is 0. The van der Waals surface area contributed by atoms with Crippen molar-refractivity contribution in [3.05, 3.63) is 35.5 Å². The first-order valence-electron chi connectivity index (χ1n) is 21.7. The molecule has 0 spiro atoms. The highest BCUT2D eigenvalue weighted by atomic mass is 16.7. The van der Waals surface area contributed by atoms with Crippen molar-refractivity contribution in [3.63, 3.8) is 0 Å². The van der Waals surface area contributed by atoms with Crippen LogP contribution in [0.15, 0.2) is 35.5 Å². The number of amides is 1. The van der Waals surface area contributed by atoms with Crippen molar-refractivity contribution in [1.29, 1.82) is 0 Å². The molecule has 4 rings (SSSR count). The van der Waals surface area contributed by atoms with E-state index in [-0.39, 0.29) is 50.0 Å². The van der Waals surface area contributed by atoms with Crippen molar-refractivity contribution in [1.82, 2.24) is 4.90 Å². The Labute approximate surface area is 356 Å². The number of ether oxygens (including phenoxy) is 6. The molecule has 15 nitrogen and oxygen atoms in total. The van der Waals surface area contributed by atoms with Gasteiger partial charge in [0.15, 0.2) is 0 Å². The Hall–Kier alpha value is -2.86. The highest BCUT2D eigenvalue weighted by Gasteiger charge is 2.56. The Bertz CT molecular complexity index is 1550. The van der Waals surface area contributed by atoms with Crippen LogP contribution in [-0.2, 0) is 47.6 Å². The average molecular weight is 849 g/mol. The van der Waals surface area contributed by atoms with E-state index in [9.17, 15) is 34.5 Å². The minimum absolute atomic E-state index is 0.0289. The van der Waals surface area contributed by atoms with Gasteiger partial charge in [0.05, 0.1) is 36.6 Å². The number of allylic oxidation sites excluding steroid dienone is 3. The van der Waals surface area contributed by atoms with E-state index in [1.165, 1.54) is 14.2 Å². The third-order valence-electron chi connectivity index (χ3n) is 13.2. The molecule has 60 heavy (non-hydrogen) atoms. The summed E-state index contributed by atoms with van der Waals surface area (Å²) in [6.07, 6.45) is 5.36. The first-order valence-corrected chi connectivity index (χ1v) is 21.7. The lowest BCUT2D eigenvalue weighted by atomic mass is 9.81. The monoisotopic (exact) mass is 849 g/mol. The number of methoxy groups -OCH3 is 4. The van der Waals surface area contributed by atoms with Gasteiger partial charge in [0.25, 0.3) is 11.7 Å². The highest BCUT2D eigenvalue weighted by molar-refractivity contribution is 6.39. The van der Waals surface area contributed by atoms with E-state index >= 15 is 0 Å². The predicted octanol–water partition coefficient (Wildman–Crippen LogP) is 3.35. The van der Waals surface area contributed by atoms with E-state index < -0.39 is 90.0 Å². The molecule has 1 amide bonds. The topological polar surface area (TPSA) is 214 Å². The van der Waals surface area contributed by atoms with Gasteiger partial charge in [-0.2, -0.15) is 0 Å². The van der Waals surface area contributed by atoms with Crippen molar-refractivity contribution in [2.45, 2.75) is 159 Å². The number of ketones is 2. The van der Waals surface area contributed by atoms with E-state index in [0.717, 1.165) is 10.5 Å². The molecule has 3 heterocycles. The number of hydrogen-bond acceptors (Lipinski definition) is 14. The maximum Gasteiger partial charge on any atom is 0.329 e. The second kappa shape index (κ2) is 23.0. The van der Waals surface area contributed by atoms with Crippen molar-refractivity contribution < 1.29 is 62.9 Å². The molecule has 340 valence electrons. The number of aliphatic hydroxyl groups is 3. The van der Waals surface area contributed by atoms with Crippen LogP contribution in [0.1, 0.15) is 98.3 Å². The van der Waals surface area contributed by atoms with Gasteiger partial charge in [-0.3, -0.25) is 14.4 Å². The van der Waals surface area contributed by atoms with Gasteiger partial charge in [-0.05, 0) is 83.1 Å². The van der Waals surface area contributed by atoms with Crippen LogP contribution in [0.3, 0.4) is 0 Å². The molecule has 0 radical (unpaired) electrons. The third-order valence-corrected chi connectivity index (χ3v) is 13.2. The number of cyclic esters (lactones) is 1. The van der Waals surface area contributed by atoms with Gasteiger partial charge in [-0.15, -0.1) is 0 Å². The van der Waals surface area contributed by atoms with E-state index in [2.05, 4.69) is 0 Å². The van der Waals surface area contributed by atoms with Crippen LogP contribution in [0.2, 0.25) is 0 Å². The summed E-state index contributed by atoms with van der Waals surface area (Å²) in [7, 11) is 6.10. The molecule has 3 fully saturated rings. The van der Waals surface area contributed by atoms with Gasteiger partial charge < -0.3 is 54.4 Å². The molecular weight excluding hydrogens is 776 g/mol. The zero-order chi connectivity index (χ0) is 44.3. The fourth-order valence-electron chi connectivity index (χ4n) is 9.44. The van der Waals surface area contributed by atoms with Crippen LogP contribution in [-0.4, -0.2) is 146 Å². The Kier molecular flexibility index (Phi) is 19.1. The van der Waals surface area contributed by atoms with Crippen LogP contribution in [0.5, 0.6) is 0 Å². The smallest absolute Gasteiger partial charge is 0.329 e. The Morgan fingerprint density at radius 3 is 2.23 bits per heavy atom. The van der Waals surface area contributed by atoms with Gasteiger partial charge in [-0.25, -0.2) is 4.79 Å². The average Bonchev–Trinajstić information content (AvgIpc) is 3.24. The maximum absolute atomic E-state index is 14.4. The summed E-state index contributed by atoms with van der Waals surface area (Å²) in [4.78, 5) is 58.2. The molecule has 0 unspecified atom stereocenters. The van der Waals surface area contributed by atoms with Crippen LogP contribution in [0.25, 0.3) is 0 Å². The van der Waals surface area contributed by atoms with Gasteiger partial charge in [0, 0.05) is 72.1 Å². The van der Waals surface area contributed by atoms with E-state index in [1.54, 1.807) is 41.1 Å². The van der Waals surface area contributed by atoms with Gasteiger partial charge in [0.2, 0.25) is 5.79 Å². The van der Waals surface area contributed by atoms with Crippen LogP contribution < -0.4 is 5.73 Å². The number of aliphatic hydroxyl groups excluding tert-OH is 2. The number of fused-ring (bicyclic) bond motifs is 3. The second-order valence-corrected chi connectivity index (χ2v) is 17.4. The summed E-state index contributed by atoms with van der Waals surface area (Å²) in [5.74, 6) is -8.09. The van der Waals surface area contributed by atoms with Gasteiger partial charge in [-0.1, -0.05) is 43.7 Å². The first-order chi connectivity index (χ1) is 28.5. The van der Waals surface area contributed by atoms with Crippen LogP contribution >= 0.6 is 0 Å². The molecular formula is C45H72N2O13. The normalized spacial score (nSPS) is 39.7. The fourth-order valence-corrected chi connectivity index (χ4v) is 9.44. The molecule has 0 aromatic rings. The summed E-state index contributed by atoms with van der Waals surface area (Å²) in [6.45, 7) is 7.39. The highest BCUT2D eigenvalue weighted by Crippen LogP contribution is 2.39. The summed E-state index contributed by atoms with van der Waals surface area (Å²) < 4.78 is 35.7. The van der Waals surface area contributed by atoms with E-state index in [1.807, 2.05) is 25.2 Å². The summed E-state index contributed by atoms with van der Waals surface area (Å²) in [5.41, 5.74) is 7.22. The van der Waals surface area contributed by atoms with E-state index in [4.69, 9.17) is 34.2 Å². The molecule has 1 saturated carbocycles. The van der Waals surface area contributed by atoms with Crippen molar-refractivity contribution in [2.24, 2.45) is 29.4 Å². The molecule has 14 atom stereocenters. The molecule has 2 saturated heterocycles. The number of piperidine rings is 1. The SMILES string of the molecule is CO[C@H]1C/C(C)=C/[C@@H](C/C=C/CN)C(=O)C[C@H](O)[C@@H](C)[C@@H](/C(C)=C/[C@@H]2CC[C@@H](O)[C@H](OC)C2)OC(=O)[C@@H]2CCCCN2C(=O)C(=O)[C@]2(O)O[C@H]([C@@H](OC)C1)[C@@H](OC)C[C@H]2C. The molecule has 2 bridgehead atoms. The van der Waals surface area contributed by atoms with Crippen molar-refractivity contribution in [2.75, 3.05) is 41.5 Å². The number of carbonyl (C=O) groups excluding carboxylic acids is 4. The number of hydrogen-bond donors (Lipinski definition) is 4. The molecule has 3 aliphatic heterocycles. The molecule has 1 aliphatic carbocycles. The number of nitrogens with zero attached hydrogens (tertiary/aromatic N) is 1. The summed E-state index contributed by atoms with van der Waals surface area (Å²) in [6, 6.07) is -1.17. The fraction of sp³-hybridized carbons (Fsp3) is 0.778. The number of nitrogens with two attached hydrogens (primary N) is 1. The molecule has 4 aliphatic rings. The number of Topliss-reactive ketones (excluding diaryl/α,β-unsaturated/α-hetero) is 2. The Morgan fingerprint density at radius 2 is 1.58 bits per heavy atom. The predicted molar refractivity (Wildman–Crippen MR) is 222 cm³/mol. The number of carbonyl (C=O) groups is 4. The minimum atomic E-state index is -2.56. The molecule has 5 N–H and O–H groups in total. The molecule has 0 aromatic carbocycles. The summed E-state index contributed by atoms with van der Waals surface area (Å²) in [5, 5.41) is 34.3. The lowest BCUT2D eigenvalue weighted by Crippen LogP contribution is -2.64. The van der Waals surface area contributed by atoms with Crippen LogP contribution in [0, 0.1) is 23.7 Å². The lowest BCUT2D eigenvalue weighted by molar-refractivity contribution is -0.303. The number of rotatable bonds is 9.